The highest BCUT2D eigenvalue weighted by Crippen LogP contribution is 2.36. The molecule has 1 aromatic carbocycles. The van der Waals surface area contributed by atoms with E-state index in [1.807, 2.05) is 4.90 Å². The summed E-state index contributed by atoms with van der Waals surface area (Å²) >= 11 is 6.17. The predicted molar refractivity (Wildman–Crippen MR) is 108 cm³/mol. The minimum Gasteiger partial charge on any atom is -0.335 e. The van der Waals surface area contributed by atoms with Gasteiger partial charge in [-0.15, -0.1) is 0 Å². The van der Waals surface area contributed by atoms with Crippen molar-refractivity contribution in [1.29, 1.82) is 0 Å². The molecule has 1 aliphatic heterocycles. The smallest absolute Gasteiger partial charge is 0.254 e. The van der Waals surface area contributed by atoms with Crippen LogP contribution in [-0.4, -0.2) is 37.4 Å². The van der Waals surface area contributed by atoms with Crippen molar-refractivity contribution >= 4 is 27.5 Å². The number of carbonyl (C=O) groups is 1. The van der Waals surface area contributed by atoms with Crippen molar-refractivity contribution in [3.8, 4) is 0 Å². The van der Waals surface area contributed by atoms with Crippen LogP contribution in [-0.2, 0) is 10.0 Å². The third-order valence-corrected chi connectivity index (χ3v) is 7.65. The summed E-state index contributed by atoms with van der Waals surface area (Å²) in [6.45, 7) is 6.05. The van der Waals surface area contributed by atoms with Crippen molar-refractivity contribution in [2.45, 2.75) is 75.8 Å². The molecule has 0 aromatic heterocycles. The van der Waals surface area contributed by atoms with Gasteiger partial charge in [0, 0.05) is 23.7 Å². The number of nitrogens with one attached hydrogen (secondary N) is 1. The Morgan fingerprint density at radius 3 is 2.52 bits per heavy atom. The number of piperidine rings is 1. The monoisotopic (exact) mass is 412 g/mol. The predicted octanol–water partition coefficient (Wildman–Crippen LogP) is 4.21. The molecule has 1 aromatic rings. The van der Waals surface area contributed by atoms with Gasteiger partial charge in [-0.3, -0.25) is 4.79 Å². The van der Waals surface area contributed by atoms with E-state index in [0.29, 0.717) is 11.5 Å². The summed E-state index contributed by atoms with van der Waals surface area (Å²) in [5.41, 5.74) is -0.246. The van der Waals surface area contributed by atoms with Crippen molar-refractivity contribution in [3.63, 3.8) is 0 Å². The Morgan fingerprint density at radius 1 is 1.15 bits per heavy atom. The SMILES string of the molecule is CC(C)(C)NS(=O)(=O)c1cc(C(=O)N2CCCC3CCCCC32)ccc1Cl. The van der Waals surface area contributed by atoms with Crippen LogP contribution in [0.4, 0.5) is 0 Å². The van der Waals surface area contributed by atoms with Gasteiger partial charge in [-0.1, -0.05) is 24.4 Å². The van der Waals surface area contributed by atoms with E-state index in [0.717, 1.165) is 25.8 Å². The van der Waals surface area contributed by atoms with Crippen molar-refractivity contribution in [1.82, 2.24) is 9.62 Å². The van der Waals surface area contributed by atoms with Crippen LogP contribution in [0.1, 0.15) is 69.7 Å². The van der Waals surface area contributed by atoms with Crippen LogP contribution >= 0.6 is 11.6 Å². The van der Waals surface area contributed by atoms with Crippen LogP contribution in [0, 0.1) is 5.92 Å². The first-order chi connectivity index (χ1) is 12.6. The number of hydrogen-bond acceptors (Lipinski definition) is 3. The number of benzene rings is 1. The summed E-state index contributed by atoms with van der Waals surface area (Å²) in [6, 6.07) is 4.84. The fourth-order valence-corrected chi connectivity index (χ4v) is 6.29. The average molecular weight is 413 g/mol. The van der Waals surface area contributed by atoms with Gasteiger partial charge in [0.15, 0.2) is 0 Å². The highest BCUT2D eigenvalue weighted by atomic mass is 35.5. The first kappa shape index (κ1) is 20.6. The number of halogens is 1. The lowest BCUT2D eigenvalue weighted by Crippen LogP contribution is -2.49. The number of rotatable bonds is 3. The second-order valence-corrected chi connectivity index (χ2v) is 10.8. The summed E-state index contributed by atoms with van der Waals surface area (Å²) in [7, 11) is -3.81. The Morgan fingerprint density at radius 2 is 1.81 bits per heavy atom. The molecule has 1 heterocycles. The highest BCUT2D eigenvalue weighted by Gasteiger charge is 2.36. The van der Waals surface area contributed by atoms with Crippen LogP contribution in [0.25, 0.3) is 0 Å². The van der Waals surface area contributed by atoms with Crippen LogP contribution in [0.5, 0.6) is 0 Å². The molecule has 2 aliphatic rings. The average Bonchev–Trinajstić information content (AvgIpc) is 2.59. The molecule has 1 N–H and O–H groups in total. The number of carbonyl (C=O) groups excluding carboxylic acids is 1. The molecule has 0 spiro atoms. The Hall–Kier alpha value is -1.11. The van der Waals surface area contributed by atoms with Crippen LogP contribution in [0.2, 0.25) is 5.02 Å². The lowest BCUT2D eigenvalue weighted by Gasteiger charge is -2.44. The van der Waals surface area contributed by atoms with E-state index < -0.39 is 15.6 Å². The first-order valence-electron chi connectivity index (χ1n) is 9.73. The molecule has 5 nitrogen and oxygen atoms in total. The standard InChI is InChI=1S/C20H29ClN2O3S/c1-20(2,3)22-27(25,26)18-13-15(10-11-16(18)21)19(24)23-12-6-8-14-7-4-5-9-17(14)23/h10-11,13-14,17,22H,4-9,12H2,1-3H3. The second-order valence-electron chi connectivity index (χ2n) is 8.75. The number of fused-ring (bicyclic) bond motifs is 1. The van der Waals surface area contributed by atoms with Crippen LogP contribution < -0.4 is 4.72 Å². The maximum atomic E-state index is 13.2. The minimum atomic E-state index is -3.81. The van der Waals surface area contributed by atoms with E-state index >= 15 is 0 Å². The van der Waals surface area contributed by atoms with Crippen molar-refractivity contribution in [2.75, 3.05) is 6.54 Å². The zero-order chi connectivity index (χ0) is 19.8. The zero-order valence-corrected chi connectivity index (χ0v) is 17.9. The molecule has 1 aliphatic carbocycles. The van der Waals surface area contributed by atoms with Gasteiger partial charge in [-0.25, -0.2) is 13.1 Å². The largest absolute Gasteiger partial charge is 0.335 e. The minimum absolute atomic E-state index is 0.0397. The number of sulfonamides is 1. The molecule has 7 heteroatoms. The topological polar surface area (TPSA) is 66.5 Å². The van der Waals surface area contributed by atoms with E-state index in [-0.39, 0.29) is 21.9 Å². The van der Waals surface area contributed by atoms with E-state index in [4.69, 9.17) is 11.6 Å². The Bertz CT molecular complexity index is 815. The fraction of sp³-hybridized carbons (Fsp3) is 0.650. The summed E-state index contributed by atoms with van der Waals surface area (Å²) in [4.78, 5) is 15.1. The van der Waals surface area contributed by atoms with E-state index in [1.54, 1.807) is 26.8 Å². The molecule has 2 fully saturated rings. The summed E-state index contributed by atoms with van der Waals surface area (Å²) < 4.78 is 28.1. The van der Waals surface area contributed by atoms with Crippen LogP contribution in [0.15, 0.2) is 23.1 Å². The first-order valence-corrected chi connectivity index (χ1v) is 11.6. The quantitative estimate of drug-likeness (QED) is 0.808. The van der Waals surface area contributed by atoms with Crippen LogP contribution in [0.3, 0.4) is 0 Å². The lowest BCUT2D eigenvalue weighted by atomic mass is 9.78. The zero-order valence-electron chi connectivity index (χ0n) is 16.3. The molecule has 1 saturated heterocycles. The molecular weight excluding hydrogens is 384 g/mol. The number of amides is 1. The van der Waals surface area contributed by atoms with Crippen molar-refractivity contribution in [3.05, 3.63) is 28.8 Å². The fourth-order valence-electron chi connectivity index (χ4n) is 4.34. The molecular formula is C20H29ClN2O3S. The van der Waals surface area contributed by atoms with Gasteiger partial charge in [-0.2, -0.15) is 0 Å². The third kappa shape index (κ3) is 4.66. The molecule has 1 saturated carbocycles. The molecule has 1 amide bonds. The van der Waals surface area contributed by atoms with Gasteiger partial charge >= 0.3 is 0 Å². The van der Waals surface area contributed by atoms with E-state index in [2.05, 4.69) is 4.72 Å². The second kappa shape index (κ2) is 7.72. The maximum Gasteiger partial charge on any atom is 0.254 e. The Balaban J connectivity index is 1.90. The number of nitrogens with zero attached hydrogens (tertiary/aromatic N) is 1. The normalized spacial score (nSPS) is 23.8. The number of likely N-dealkylation sites (tertiary alicyclic amines) is 1. The summed E-state index contributed by atoms with van der Waals surface area (Å²) in [5.74, 6) is 0.491. The molecule has 2 unspecified atom stereocenters. The van der Waals surface area contributed by atoms with Gasteiger partial charge < -0.3 is 4.90 Å². The molecule has 0 radical (unpaired) electrons. The summed E-state index contributed by atoms with van der Waals surface area (Å²) in [6.07, 6.45) is 6.82. The van der Waals surface area contributed by atoms with Gasteiger partial charge in [-0.05, 0) is 70.6 Å². The maximum absolute atomic E-state index is 13.2. The van der Waals surface area contributed by atoms with Gasteiger partial charge in [0.25, 0.3) is 5.91 Å². The molecule has 2 atom stereocenters. The van der Waals surface area contributed by atoms with Crippen molar-refractivity contribution in [2.24, 2.45) is 5.92 Å². The Kier molecular flexibility index (Phi) is 5.90. The third-order valence-electron chi connectivity index (χ3n) is 5.41. The Labute approximate surface area is 167 Å². The van der Waals surface area contributed by atoms with Crippen molar-refractivity contribution < 1.29 is 13.2 Å². The van der Waals surface area contributed by atoms with Gasteiger partial charge in [0.05, 0.1) is 5.02 Å². The lowest BCUT2D eigenvalue weighted by molar-refractivity contribution is 0.0390. The van der Waals surface area contributed by atoms with Gasteiger partial charge in [0.2, 0.25) is 10.0 Å². The highest BCUT2D eigenvalue weighted by molar-refractivity contribution is 7.89. The molecule has 27 heavy (non-hydrogen) atoms. The molecule has 150 valence electrons. The molecule has 0 bridgehead atoms. The summed E-state index contributed by atoms with van der Waals surface area (Å²) in [5, 5.41) is 0.123. The van der Waals surface area contributed by atoms with Gasteiger partial charge in [0.1, 0.15) is 4.90 Å². The number of hydrogen-bond donors (Lipinski definition) is 1. The van der Waals surface area contributed by atoms with E-state index in [9.17, 15) is 13.2 Å². The van der Waals surface area contributed by atoms with E-state index in [1.165, 1.54) is 31.4 Å². The molecule has 3 rings (SSSR count).